The Morgan fingerprint density at radius 3 is 2.48 bits per heavy atom. The molecule has 0 unspecified atom stereocenters. The van der Waals surface area contributed by atoms with Crippen LogP contribution >= 0.6 is 23.1 Å². The summed E-state index contributed by atoms with van der Waals surface area (Å²) in [4.78, 5) is 17.4. The second-order valence-corrected chi connectivity index (χ2v) is 8.73. The van der Waals surface area contributed by atoms with E-state index in [9.17, 15) is 4.79 Å². The van der Waals surface area contributed by atoms with Crippen LogP contribution in [0.3, 0.4) is 0 Å². The monoisotopic (exact) mass is 390 g/mol. The number of amides is 1. The van der Waals surface area contributed by atoms with Gasteiger partial charge in [-0.2, -0.15) is 0 Å². The quantitative estimate of drug-likeness (QED) is 0.420. The molecule has 3 aromatic carbocycles. The second-order valence-electron chi connectivity index (χ2n) is 6.11. The highest BCUT2D eigenvalue weighted by Gasteiger charge is 2.18. The molecule has 5 heteroatoms. The van der Waals surface area contributed by atoms with Gasteiger partial charge in [-0.05, 0) is 30.7 Å². The Kier molecular flexibility index (Phi) is 5.23. The highest BCUT2D eigenvalue weighted by atomic mass is 32.2. The number of benzene rings is 3. The minimum Gasteiger partial charge on any atom is -0.325 e. The minimum atomic E-state index is -0.241. The number of nitrogens with one attached hydrogen (secondary N) is 1. The number of thioether (sulfide) groups is 1. The van der Waals surface area contributed by atoms with Gasteiger partial charge >= 0.3 is 0 Å². The van der Waals surface area contributed by atoms with Crippen LogP contribution in [-0.2, 0) is 4.79 Å². The molecule has 0 fully saturated rings. The third-order valence-corrected chi connectivity index (χ3v) is 6.42. The lowest BCUT2D eigenvalue weighted by atomic mass is 10.0. The summed E-state index contributed by atoms with van der Waals surface area (Å²) in [5.41, 5.74) is 3.90. The Hall–Kier alpha value is -2.63. The van der Waals surface area contributed by atoms with Crippen molar-refractivity contribution < 1.29 is 4.79 Å². The molecule has 1 N–H and O–H groups in total. The lowest BCUT2D eigenvalue weighted by molar-refractivity contribution is -0.115. The highest BCUT2D eigenvalue weighted by Crippen LogP contribution is 2.33. The van der Waals surface area contributed by atoms with Crippen LogP contribution in [0.25, 0.3) is 21.3 Å². The Balaban J connectivity index is 1.50. The van der Waals surface area contributed by atoms with Gasteiger partial charge in [0.05, 0.1) is 15.5 Å². The molecule has 4 aromatic rings. The summed E-state index contributed by atoms with van der Waals surface area (Å²) >= 11 is 3.11. The van der Waals surface area contributed by atoms with Crippen molar-refractivity contribution >= 4 is 44.9 Å². The fourth-order valence-corrected chi connectivity index (χ4v) is 5.01. The first-order chi connectivity index (χ1) is 13.2. The van der Waals surface area contributed by atoms with Gasteiger partial charge < -0.3 is 5.32 Å². The average molecular weight is 391 g/mol. The molecule has 0 aliphatic carbocycles. The third-order valence-electron chi connectivity index (χ3n) is 4.19. The van der Waals surface area contributed by atoms with Crippen molar-refractivity contribution in [2.45, 2.75) is 16.5 Å². The number of nitrogens with zero attached hydrogens (tertiary/aromatic N) is 1. The maximum absolute atomic E-state index is 12.8. The van der Waals surface area contributed by atoms with E-state index in [1.165, 1.54) is 11.8 Å². The first-order valence-electron chi connectivity index (χ1n) is 8.68. The van der Waals surface area contributed by atoms with E-state index in [4.69, 9.17) is 0 Å². The molecule has 0 saturated carbocycles. The lowest BCUT2D eigenvalue weighted by Gasteiger charge is -2.14. The zero-order valence-corrected chi connectivity index (χ0v) is 16.4. The SMILES string of the molecule is C[C@@H](Sc1nc2ccccc2s1)C(=O)Nc1ccccc1-c1ccccc1. The molecule has 3 nitrogen and oxygen atoms in total. The normalized spacial score (nSPS) is 12.0. The maximum Gasteiger partial charge on any atom is 0.237 e. The molecule has 134 valence electrons. The molecule has 4 rings (SSSR count). The smallest absolute Gasteiger partial charge is 0.237 e. The van der Waals surface area contributed by atoms with Gasteiger partial charge in [-0.3, -0.25) is 4.79 Å². The van der Waals surface area contributed by atoms with Crippen molar-refractivity contribution in [2.24, 2.45) is 0 Å². The Bertz CT molecular complexity index is 1040. The summed E-state index contributed by atoms with van der Waals surface area (Å²) in [5, 5.41) is 2.84. The molecule has 1 aromatic heterocycles. The average Bonchev–Trinajstić information content (AvgIpc) is 3.11. The van der Waals surface area contributed by atoms with Gasteiger partial charge in [0.25, 0.3) is 0 Å². The van der Waals surface area contributed by atoms with Crippen molar-refractivity contribution in [3.05, 3.63) is 78.9 Å². The van der Waals surface area contributed by atoms with E-state index in [0.717, 1.165) is 31.4 Å². The van der Waals surface area contributed by atoms with E-state index >= 15 is 0 Å². The first-order valence-corrected chi connectivity index (χ1v) is 10.4. The van der Waals surface area contributed by atoms with Crippen molar-refractivity contribution in [3.8, 4) is 11.1 Å². The van der Waals surface area contributed by atoms with Crippen LogP contribution in [0.1, 0.15) is 6.92 Å². The van der Waals surface area contributed by atoms with Crippen molar-refractivity contribution in [2.75, 3.05) is 5.32 Å². The molecule has 0 aliphatic rings. The van der Waals surface area contributed by atoms with Crippen LogP contribution in [-0.4, -0.2) is 16.1 Å². The number of carbonyl (C=O) groups excluding carboxylic acids is 1. The summed E-state index contributed by atoms with van der Waals surface area (Å²) in [5.74, 6) is -0.0253. The van der Waals surface area contributed by atoms with Crippen LogP contribution in [0.15, 0.2) is 83.2 Å². The molecular weight excluding hydrogens is 372 g/mol. The van der Waals surface area contributed by atoms with Crippen LogP contribution in [0.5, 0.6) is 0 Å². The molecule has 1 atom stereocenters. The summed E-state index contributed by atoms with van der Waals surface area (Å²) in [6, 6.07) is 26.0. The number of rotatable bonds is 5. The van der Waals surface area contributed by atoms with Gasteiger partial charge in [0.15, 0.2) is 4.34 Å². The van der Waals surface area contributed by atoms with Crippen LogP contribution < -0.4 is 5.32 Å². The topological polar surface area (TPSA) is 42.0 Å². The summed E-state index contributed by atoms with van der Waals surface area (Å²) in [6.07, 6.45) is 0. The predicted molar refractivity (Wildman–Crippen MR) is 115 cm³/mol. The molecule has 27 heavy (non-hydrogen) atoms. The first kappa shape index (κ1) is 17.8. The molecule has 0 bridgehead atoms. The van der Waals surface area contributed by atoms with Gasteiger partial charge in [-0.15, -0.1) is 11.3 Å². The van der Waals surface area contributed by atoms with Gasteiger partial charge in [-0.25, -0.2) is 4.98 Å². The van der Waals surface area contributed by atoms with E-state index in [0.29, 0.717) is 0 Å². The van der Waals surface area contributed by atoms with Crippen LogP contribution in [0, 0.1) is 0 Å². The summed E-state index contributed by atoms with van der Waals surface area (Å²) < 4.78 is 2.05. The van der Waals surface area contributed by atoms with E-state index < -0.39 is 0 Å². The zero-order chi connectivity index (χ0) is 18.6. The molecule has 1 amide bonds. The van der Waals surface area contributed by atoms with Crippen LogP contribution in [0.4, 0.5) is 5.69 Å². The van der Waals surface area contributed by atoms with E-state index in [2.05, 4.69) is 16.4 Å². The molecule has 0 aliphatic heterocycles. The fraction of sp³-hybridized carbons (Fsp3) is 0.0909. The molecule has 0 saturated heterocycles. The number of aromatic nitrogens is 1. The molecule has 0 radical (unpaired) electrons. The van der Waals surface area contributed by atoms with Crippen molar-refractivity contribution in [3.63, 3.8) is 0 Å². The number of para-hydroxylation sites is 2. The third kappa shape index (κ3) is 4.04. The number of anilines is 1. The van der Waals surface area contributed by atoms with E-state index in [-0.39, 0.29) is 11.2 Å². The minimum absolute atomic E-state index is 0.0253. The zero-order valence-electron chi connectivity index (χ0n) is 14.8. The lowest BCUT2D eigenvalue weighted by Crippen LogP contribution is -2.22. The standard InChI is InChI=1S/C22H18N2OS2/c1-15(26-22-24-19-13-7-8-14-20(19)27-22)21(25)23-18-12-6-5-11-17(18)16-9-3-2-4-10-16/h2-15H,1H3,(H,23,25)/t15-/m1/s1. The Morgan fingerprint density at radius 1 is 0.963 bits per heavy atom. The Morgan fingerprint density at radius 2 is 1.67 bits per heavy atom. The van der Waals surface area contributed by atoms with Gasteiger partial charge in [0.2, 0.25) is 5.91 Å². The van der Waals surface area contributed by atoms with Gasteiger partial charge in [-0.1, -0.05) is 72.4 Å². The second kappa shape index (κ2) is 7.94. The maximum atomic E-state index is 12.8. The van der Waals surface area contributed by atoms with Crippen molar-refractivity contribution in [1.82, 2.24) is 4.98 Å². The Labute approximate surface area is 166 Å². The number of carbonyl (C=O) groups is 1. The number of hydrogen-bond acceptors (Lipinski definition) is 4. The number of thiazole rings is 1. The van der Waals surface area contributed by atoms with E-state index in [1.54, 1.807) is 11.3 Å². The fourth-order valence-electron chi connectivity index (χ4n) is 2.80. The number of fused-ring (bicyclic) bond motifs is 1. The molecule has 0 spiro atoms. The van der Waals surface area contributed by atoms with E-state index in [1.807, 2.05) is 79.7 Å². The largest absolute Gasteiger partial charge is 0.325 e. The van der Waals surface area contributed by atoms with Crippen LogP contribution in [0.2, 0.25) is 0 Å². The summed E-state index contributed by atoms with van der Waals surface area (Å²) in [7, 11) is 0. The molecule has 1 heterocycles. The summed E-state index contributed by atoms with van der Waals surface area (Å²) in [6.45, 7) is 1.91. The molecular formula is C22H18N2OS2. The highest BCUT2D eigenvalue weighted by molar-refractivity contribution is 8.02. The van der Waals surface area contributed by atoms with Crippen molar-refractivity contribution in [1.29, 1.82) is 0 Å². The number of hydrogen-bond donors (Lipinski definition) is 1. The van der Waals surface area contributed by atoms with Gasteiger partial charge in [0.1, 0.15) is 0 Å². The predicted octanol–water partition coefficient (Wildman–Crippen LogP) is 6.08. The van der Waals surface area contributed by atoms with Gasteiger partial charge in [0, 0.05) is 11.3 Å².